The van der Waals surface area contributed by atoms with Crippen molar-refractivity contribution in [3.05, 3.63) is 314 Å². The van der Waals surface area contributed by atoms with E-state index in [0.29, 0.717) is 0 Å². The average Bonchev–Trinajstić information content (AvgIpc) is 3.72. The number of fused-ring (bicyclic) bond motifs is 6. The van der Waals surface area contributed by atoms with Gasteiger partial charge in [0.2, 0.25) is 0 Å². The van der Waals surface area contributed by atoms with Crippen LogP contribution in [0.2, 0.25) is 0 Å². The lowest BCUT2D eigenvalue weighted by Gasteiger charge is -2.33. The molecule has 14 aromatic rings. The van der Waals surface area contributed by atoms with Gasteiger partial charge in [0.1, 0.15) is 0 Å². The van der Waals surface area contributed by atoms with E-state index < -0.39 is 0 Å². The fourth-order valence-electron chi connectivity index (χ4n) is 12.3. The van der Waals surface area contributed by atoms with Gasteiger partial charge in [-0.1, -0.05) is 267 Å². The molecule has 378 valence electrons. The van der Waals surface area contributed by atoms with Gasteiger partial charge in [0.05, 0.1) is 22.7 Å². The SMILES string of the molecule is Cc1cc(-c2ccc(N(c3c(-c4ccccc4)cccc3-c3ccccc3)c3cc4ccccc4c4ccccc34)c(C)c2)ccc1N(c1c(-c2ccccc2)cccc1-c1ccccc1)c1cc2ccccc2c2ccccc12. The molecule has 0 heterocycles. The number of aryl methyl sites for hydroxylation is 2. The van der Waals surface area contributed by atoms with E-state index in [2.05, 4.69) is 327 Å². The molecule has 0 atom stereocenters. The van der Waals surface area contributed by atoms with Crippen LogP contribution < -0.4 is 9.80 Å². The van der Waals surface area contributed by atoms with Crippen molar-refractivity contribution < 1.29 is 0 Å². The summed E-state index contributed by atoms with van der Waals surface area (Å²) in [6.07, 6.45) is 0. The number of hydrogen-bond acceptors (Lipinski definition) is 2. The van der Waals surface area contributed by atoms with Crippen molar-refractivity contribution in [3.8, 4) is 55.6 Å². The van der Waals surface area contributed by atoms with Crippen LogP contribution in [0.3, 0.4) is 0 Å². The first-order valence-electron chi connectivity index (χ1n) is 27.7. The Morgan fingerprint density at radius 3 is 0.812 bits per heavy atom. The lowest BCUT2D eigenvalue weighted by molar-refractivity contribution is 1.26. The molecule has 0 aliphatic heterocycles. The highest BCUT2D eigenvalue weighted by Crippen LogP contribution is 2.53. The van der Waals surface area contributed by atoms with Crippen molar-refractivity contribution in [2.75, 3.05) is 9.80 Å². The molecule has 0 radical (unpaired) electrons. The standard InChI is InChI=1S/C78H56N2/c1-53-49-59(45-47-73(53)79(75-51-61-33-15-17-35-63(61)69-37-19-21-39-71(69)75)77-65(55-25-7-3-8-26-55)41-23-42-66(77)56-27-9-4-10-28-56)60-46-48-74(54(2)50-60)80(76-52-62-34-16-18-36-64(62)70-38-20-22-40-72(70)76)78-67(57-29-11-5-12-30-57)43-24-44-68(78)58-31-13-6-14-32-58/h3-52H,1-2H3. The van der Waals surface area contributed by atoms with Crippen LogP contribution in [-0.2, 0) is 0 Å². The number of nitrogens with zero attached hydrogens (tertiary/aromatic N) is 2. The molecule has 0 saturated heterocycles. The summed E-state index contributed by atoms with van der Waals surface area (Å²) in [5, 5.41) is 9.70. The van der Waals surface area contributed by atoms with E-state index in [1.165, 1.54) is 43.1 Å². The van der Waals surface area contributed by atoms with Gasteiger partial charge < -0.3 is 9.80 Å². The predicted molar refractivity (Wildman–Crippen MR) is 342 cm³/mol. The molecule has 14 aromatic carbocycles. The van der Waals surface area contributed by atoms with Crippen LogP contribution in [0.1, 0.15) is 11.1 Å². The van der Waals surface area contributed by atoms with Crippen molar-refractivity contribution in [1.29, 1.82) is 0 Å². The second-order valence-corrected chi connectivity index (χ2v) is 20.9. The normalized spacial score (nSPS) is 11.4. The zero-order chi connectivity index (χ0) is 53.5. The van der Waals surface area contributed by atoms with Crippen LogP contribution in [-0.4, -0.2) is 0 Å². The second kappa shape index (κ2) is 20.6. The Kier molecular flexibility index (Phi) is 12.4. The Bertz CT molecular complexity index is 4190. The van der Waals surface area contributed by atoms with E-state index in [1.54, 1.807) is 0 Å². The van der Waals surface area contributed by atoms with E-state index in [9.17, 15) is 0 Å². The molecule has 0 aliphatic rings. The first-order chi connectivity index (χ1) is 39.6. The maximum absolute atomic E-state index is 2.55. The van der Waals surface area contributed by atoms with Crippen molar-refractivity contribution >= 4 is 77.2 Å². The summed E-state index contributed by atoms with van der Waals surface area (Å²) >= 11 is 0. The lowest BCUT2D eigenvalue weighted by Crippen LogP contribution is -2.15. The third-order valence-corrected chi connectivity index (χ3v) is 16.0. The third-order valence-electron chi connectivity index (χ3n) is 16.0. The van der Waals surface area contributed by atoms with E-state index in [1.807, 2.05) is 0 Å². The zero-order valence-electron chi connectivity index (χ0n) is 44.8. The molecule has 0 amide bonds. The molecule has 0 unspecified atom stereocenters. The summed E-state index contributed by atoms with van der Waals surface area (Å²) in [7, 11) is 0. The smallest absolute Gasteiger partial charge is 0.0618 e. The van der Waals surface area contributed by atoms with Crippen LogP contribution in [0.25, 0.3) is 98.7 Å². The Hall–Kier alpha value is -10.3. The molecule has 0 fully saturated rings. The summed E-state index contributed by atoms with van der Waals surface area (Å²) in [5.74, 6) is 0. The molecule has 80 heavy (non-hydrogen) atoms. The number of benzene rings is 14. The quantitative estimate of drug-likeness (QED) is 0.119. The summed E-state index contributed by atoms with van der Waals surface area (Å²) in [4.78, 5) is 5.10. The first kappa shape index (κ1) is 48.1. The zero-order valence-corrected chi connectivity index (χ0v) is 44.8. The average molecular weight is 1020 g/mol. The van der Waals surface area contributed by atoms with Crippen molar-refractivity contribution in [2.24, 2.45) is 0 Å². The molecule has 0 spiro atoms. The predicted octanol–water partition coefficient (Wildman–Crippen LogP) is 22.2. The van der Waals surface area contributed by atoms with Gasteiger partial charge in [-0.2, -0.15) is 0 Å². The van der Waals surface area contributed by atoms with Gasteiger partial charge in [-0.05, 0) is 127 Å². The number of rotatable bonds is 11. The topological polar surface area (TPSA) is 6.48 Å². The minimum Gasteiger partial charge on any atom is -0.308 e. The van der Waals surface area contributed by atoms with Gasteiger partial charge in [0.25, 0.3) is 0 Å². The van der Waals surface area contributed by atoms with Gasteiger partial charge in [0.15, 0.2) is 0 Å². The van der Waals surface area contributed by atoms with Crippen molar-refractivity contribution in [2.45, 2.75) is 13.8 Å². The maximum Gasteiger partial charge on any atom is 0.0618 e. The van der Waals surface area contributed by atoms with E-state index in [0.717, 1.165) is 101 Å². The van der Waals surface area contributed by atoms with Crippen LogP contribution in [0, 0.1) is 13.8 Å². The molecule has 2 heteroatoms. The number of hydrogen-bond donors (Lipinski definition) is 0. The number of para-hydroxylation sites is 2. The first-order valence-corrected chi connectivity index (χ1v) is 27.7. The molecule has 0 bridgehead atoms. The highest BCUT2D eigenvalue weighted by Gasteiger charge is 2.28. The van der Waals surface area contributed by atoms with E-state index in [4.69, 9.17) is 0 Å². The minimum absolute atomic E-state index is 1.11. The van der Waals surface area contributed by atoms with Gasteiger partial charge in [-0.15, -0.1) is 0 Å². The van der Waals surface area contributed by atoms with Crippen LogP contribution in [0.15, 0.2) is 303 Å². The van der Waals surface area contributed by atoms with Crippen LogP contribution in [0.5, 0.6) is 0 Å². The molecule has 14 rings (SSSR count). The highest BCUT2D eigenvalue weighted by atomic mass is 15.2. The number of anilines is 6. The van der Waals surface area contributed by atoms with Crippen molar-refractivity contribution in [1.82, 2.24) is 0 Å². The molecular formula is C78H56N2. The largest absolute Gasteiger partial charge is 0.308 e. The Morgan fingerprint density at radius 2 is 0.487 bits per heavy atom. The molecule has 0 saturated carbocycles. The molecule has 0 aliphatic carbocycles. The summed E-state index contributed by atoms with van der Waals surface area (Å²) in [6.45, 7) is 4.56. The fourth-order valence-corrected chi connectivity index (χ4v) is 12.3. The minimum atomic E-state index is 1.11. The summed E-state index contributed by atoms with van der Waals surface area (Å²) in [6, 6.07) is 111. The highest BCUT2D eigenvalue weighted by molar-refractivity contribution is 6.17. The lowest BCUT2D eigenvalue weighted by atomic mass is 9.91. The Labute approximate surface area is 468 Å². The summed E-state index contributed by atoms with van der Waals surface area (Å²) in [5.41, 5.74) is 20.7. The second-order valence-electron chi connectivity index (χ2n) is 20.9. The summed E-state index contributed by atoms with van der Waals surface area (Å²) < 4.78 is 0. The van der Waals surface area contributed by atoms with Crippen molar-refractivity contribution in [3.63, 3.8) is 0 Å². The molecule has 2 nitrogen and oxygen atoms in total. The Morgan fingerprint density at radius 1 is 0.200 bits per heavy atom. The monoisotopic (exact) mass is 1020 g/mol. The molecular weight excluding hydrogens is 965 g/mol. The van der Waals surface area contributed by atoms with E-state index >= 15 is 0 Å². The van der Waals surface area contributed by atoms with Gasteiger partial charge in [0, 0.05) is 44.4 Å². The van der Waals surface area contributed by atoms with E-state index in [-0.39, 0.29) is 0 Å². The van der Waals surface area contributed by atoms with Crippen LogP contribution in [0.4, 0.5) is 34.1 Å². The van der Waals surface area contributed by atoms with Gasteiger partial charge in [-0.3, -0.25) is 0 Å². The van der Waals surface area contributed by atoms with Gasteiger partial charge in [-0.25, -0.2) is 0 Å². The van der Waals surface area contributed by atoms with Crippen LogP contribution >= 0.6 is 0 Å². The fraction of sp³-hybridized carbons (Fsp3) is 0.0256. The molecule has 0 aromatic heterocycles. The third kappa shape index (κ3) is 8.55. The van der Waals surface area contributed by atoms with Gasteiger partial charge >= 0.3 is 0 Å². The maximum atomic E-state index is 2.55. The molecule has 0 N–H and O–H groups in total. The Balaban J connectivity index is 0.980.